The Kier molecular flexibility index (Phi) is 8.83. The van der Waals surface area contributed by atoms with Crippen LogP contribution in [-0.2, 0) is 23.2 Å². The molecular weight excluding hydrogens is 554 g/mol. The largest absolute Gasteiger partial charge is 0.416 e. The summed E-state index contributed by atoms with van der Waals surface area (Å²) in [5.74, 6) is 0. The van der Waals surface area contributed by atoms with Crippen molar-refractivity contribution in [2.75, 3.05) is 13.1 Å². The van der Waals surface area contributed by atoms with E-state index in [1.165, 1.54) is 20.8 Å². The minimum atomic E-state index is -4.73. The molecule has 208 valence electrons. The van der Waals surface area contributed by atoms with Gasteiger partial charge in [-0.2, -0.15) is 27.1 Å². The van der Waals surface area contributed by atoms with Crippen molar-refractivity contribution < 1.29 is 26.7 Å². The Morgan fingerprint density at radius 2 is 2.03 bits per heavy atom. The zero-order chi connectivity index (χ0) is 28.4. The van der Waals surface area contributed by atoms with Crippen LogP contribution in [0.15, 0.2) is 59.8 Å². The second-order valence-electron chi connectivity index (χ2n) is 9.39. The molecule has 39 heavy (non-hydrogen) atoms. The standard InChI is InChI=1S/C27H28F5N4OPS/c1-16(34-13-22-4-3-9-33-22)25(39-17(2)37)11-18-5-8-24-20(10-18)15-36(35-24)14-19-6-7-21(26(28,29)30)12-23(19)27(31,32)38/h5-8,10-12,15,22,33-34H,1,3-4,9,13-14,38H2,2H3/b25-11-. The molecular formula is C27H28F5N4OPS. The summed E-state index contributed by atoms with van der Waals surface area (Å²) < 4.78 is 69.1. The maximum absolute atomic E-state index is 14.2. The number of hydrogen-bond acceptors (Lipinski definition) is 5. The lowest BCUT2D eigenvalue weighted by Gasteiger charge is -2.18. The Bertz CT molecular complexity index is 1410. The summed E-state index contributed by atoms with van der Waals surface area (Å²) in [6.07, 6.45) is 0.940. The van der Waals surface area contributed by atoms with Gasteiger partial charge in [0, 0.05) is 47.3 Å². The van der Waals surface area contributed by atoms with Gasteiger partial charge in [-0.1, -0.05) is 39.7 Å². The number of carbonyl (C=O) groups excluding carboxylic acids is 1. The minimum Gasteiger partial charge on any atom is -0.383 e. The van der Waals surface area contributed by atoms with E-state index in [1.54, 1.807) is 12.3 Å². The predicted octanol–water partition coefficient (Wildman–Crippen LogP) is 6.50. The van der Waals surface area contributed by atoms with Crippen molar-refractivity contribution in [3.8, 4) is 0 Å². The molecule has 2 N–H and O–H groups in total. The lowest BCUT2D eigenvalue weighted by atomic mass is 10.0. The smallest absolute Gasteiger partial charge is 0.383 e. The molecule has 12 heteroatoms. The summed E-state index contributed by atoms with van der Waals surface area (Å²) in [6, 6.07) is 8.08. The summed E-state index contributed by atoms with van der Waals surface area (Å²) >= 11 is 1.07. The van der Waals surface area contributed by atoms with Gasteiger partial charge in [-0.25, -0.2) is 0 Å². The van der Waals surface area contributed by atoms with Crippen LogP contribution in [0, 0.1) is 0 Å². The molecule has 1 fully saturated rings. The number of benzene rings is 2. The Hall–Kier alpha value is -2.75. The van der Waals surface area contributed by atoms with Gasteiger partial charge in [-0.15, -0.1) is 0 Å². The van der Waals surface area contributed by atoms with Gasteiger partial charge in [-0.05, 0) is 60.9 Å². The van der Waals surface area contributed by atoms with Crippen LogP contribution in [0.3, 0.4) is 0 Å². The number of nitrogens with zero attached hydrogens (tertiary/aromatic N) is 2. The lowest BCUT2D eigenvalue weighted by molar-refractivity contribution is -0.137. The van der Waals surface area contributed by atoms with Gasteiger partial charge < -0.3 is 10.6 Å². The highest BCUT2D eigenvalue weighted by Crippen LogP contribution is 2.40. The zero-order valence-electron chi connectivity index (χ0n) is 21.1. The normalized spacial score (nSPS) is 16.6. The fourth-order valence-electron chi connectivity index (χ4n) is 4.39. The highest BCUT2D eigenvalue weighted by atomic mass is 32.2. The third kappa shape index (κ3) is 7.68. The van der Waals surface area contributed by atoms with Crippen LogP contribution >= 0.6 is 21.0 Å². The number of nitrogens with one attached hydrogen (secondary N) is 2. The Morgan fingerprint density at radius 3 is 2.67 bits per heavy atom. The van der Waals surface area contributed by atoms with Crippen LogP contribution in [0.5, 0.6) is 0 Å². The monoisotopic (exact) mass is 582 g/mol. The molecule has 2 heterocycles. The molecule has 4 rings (SSSR count). The number of aromatic nitrogens is 2. The number of rotatable bonds is 9. The molecule has 5 nitrogen and oxygen atoms in total. The predicted molar refractivity (Wildman–Crippen MR) is 148 cm³/mol. The van der Waals surface area contributed by atoms with E-state index < -0.39 is 23.0 Å². The first kappa shape index (κ1) is 29.2. The second-order valence-corrected chi connectivity index (χ2v) is 11.3. The molecule has 0 aliphatic carbocycles. The number of hydrogen-bond donors (Lipinski definition) is 2. The van der Waals surface area contributed by atoms with Crippen molar-refractivity contribution in [2.45, 2.75) is 44.2 Å². The maximum atomic E-state index is 14.2. The zero-order valence-corrected chi connectivity index (χ0v) is 23.1. The number of halogens is 5. The van der Waals surface area contributed by atoms with Crippen molar-refractivity contribution >= 4 is 43.1 Å². The van der Waals surface area contributed by atoms with Gasteiger partial charge in [0.1, 0.15) is 0 Å². The first-order valence-electron chi connectivity index (χ1n) is 12.2. The highest BCUT2D eigenvalue weighted by Gasteiger charge is 2.35. The van der Waals surface area contributed by atoms with Crippen LogP contribution in [0.25, 0.3) is 17.0 Å². The van der Waals surface area contributed by atoms with Crippen LogP contribution in [-0.4, -0.2) is 34.0 Å². The van der Waals surface area contributed by atoms with E-state index >= 15 is 0 Å². The third-order valence-corrected chi connectivity index (χ3v) is 7.46. The molecule has 2 atom stereocenters. The number of alkyl halides is 5. The molecule has 1 aromatic heterocycles. The van der Waals surface area contributed by atoms with E-state index in [9.17, 15) is 26.7 Å². The van der Waals surface area contributed by atoms with Crippen LogP contribution < -0.4 is 10.6 Å². The average Bonchev–Trinajstić information content (AvgIpc) is 3.50. The summed E-state index contributed by atoms with van der Waals surface area (Å²) in [5, 5.41) is 11.7. The van der Waals surface area contributed by atoms with Crippen LogP contribution in [0.4, 0.5) is 22.0 Å². The number of carbonyl (C=O) groups is 1. The van der Waals surface area contributed by atoms with E-state index in [-0.39, 0.29) is 17.2 Å². The van der Waals surface area contributed by atoms with Crippen LogP contribution in [0.2, 0.25) is 0 Å². The van der Waals surface area contributed by atoms with Gasteiger partial charge in [0.25, 0.3) is 5.66 Å². The van der Waals surface area contributed by atoms with E-state index in [0.717, 1.165) is 48.8 Å². The Labute approximate surface area is 229 Å². The fourth-order valence-corrected chi connectivity index (χ4v) is 5.36. The quantitative estimate of drug-likeness (QED) is 0.171. The Morgan fingerprint density at radius 1 is 1.26 bits per heavy atom. The van der Waals surface area contributed by atoms with Gasteiger partial charge in [0.2, 0.25) is 0 Å². The molecule has 0 spiro atoms. The topological polar surface area (TPSA) is 59.0 Å². The van der Waals surface area contributed by atoms with Crippen molar-refractivity contribution in [1.29, 1.82) is 0 Å². The maximum Gasteiger partial charge on any atom is 0.416 e. The molecule has 1 aliphatic heterocycles. The van der Waals surface area contributed by atoms with Gasteiger partial charge >= 0.3 is 6.18 Å². The molecule has 2 aromatic carbocycles. The van der Waals surface area contributed by atoms with Gasteiger partial charge in [0.05, 0.1) is 17.6 Å². The van der Waals surface area contributed by atoms with E-state index in [1.807, 2.05) is 18.2 Å². The van der Waals surface area contributed by atoms with Gasteiger partial charge in [0.15, 0.2) is 5.12 Å². The molecule has 1 saturated heterocycles. The number of thioether (sulfide) groups is 1. The highest BCUT2D eigenvalue weighted by molar-refractivity contribution is 8.17. The first-order valence-corrected chi connectivity index (χ1v) is 13.6. The first-order chi connectivity index (χ1) is 18.3. The summed E-state index contributed by atoms with van der Waals surface area (Å²) in [6.45, 7) is 7.11. The van der Waals surface area contributed by atoms with Crippen molar-refractivity contribution in [3.05, 3.63) is 82.0 Å². The second kappa shape index (κ2) is 11.8. The minimum absolute atomic E-state index is 0.0233. The molecule has 0 radical (unpaired) electrons. The van der Waals surface area contributed by atoms with E-state index in [4.69, 9.17) is 0 Å². The molecule has 0 amide bonds. The van der Waals surface area contributed by atoms with E-state index in [2.05, 4.69) is 22.3 Å². The molecule has 1 aliphatic rings. The van der Waals surface area contributed by atoms with Gasteiger partial charge in [-0.3, -0.25) is 9.48 Å². The number of fused-ring (bicyclic) bond motifs is 1. The third-order valence-electron chi connectivity index (χ3n) is 6.28. The molecule has 0 bridgehead atoms. The molecule has 0 saturated carbocycles. The SMILES string of the molecule is C=C(NCC1CCCN1)/C(=C/c1ccc2nn(Cc3ccc(C(F)(F)F)cc3C(F)(F)P)cc2c1)SC(C)=O. The van der Waals surface area contributed by atoms with E-state index in [0.29, 0.717) is 40.2 Å². The Balaban J connectivity index is 1.58. The summed E-state index contributed by atoms with van der Waals surface area (Å²) in [5.41, 5.74) is -3.39. The summed E-state index contributed by atoms with van der Waals surface area (Å²) in [7, 11) is 1.30. The summed E-state index contributed by atoms with van der Waals surface area (Å²) in [4.78, 5) is 12.6. The average molecular weight is 583 g/mol. The lowest BCUT2D eigenvalue weighted by Crippen LogP contribution is -2.33. The molecule has 2 unspecified atom stereocenters. The van der Waals surface area contributed by atoms with Crippen LogP contribution in [0.1, 0.15) is 42.0 Å². The fraction of sp³-hybridized carbons (Fsp3) is 0.333. The molecule has 3 aromatic rings. The van der Waals surface area contributed by atoms with Crippen molar-refractivity contribution in [2.24, 2.45) is 0 Å². The van der Waals surface area contributed by atoms with Crippen molar-refractivity contribution in [1.82, 2.24) is 20.4 Å². The van der Waals surface area contributed by atoms with Crippen molar-refractivity contribution in [3.63, 3.8) is 0 Å².